The van der Waals surface area contributed by atoms with Crippen LogP contribution in [0.4, 0.5) is 0 Å². The molecule has 2 heterocycles. The minimum atomic E-state index is 0.536. The molecule has 17 heavy (non-hydrogen) atoms. The average molecular weight is 226 g/mol. The SMILES string of the molecule is Cc1noc(-c2ccc(-c3ccco3)cc2)n1. The summed E-state index contributed by atoms with van der Waals surface area (Å²) in [5, 5.41) is 3.76. The van der Waals surface area contributed by atoms with Gasteiger partial charge in [-0.15, -0.1) is 0 Å². The van der Waals surface area contributed by atoms with Crippen molar-refractivity contribution in [1.29, 1.82) is 0 Å². The van der Waals surface area contributed by atoms with Crippen molar-refractivity contribution in [2.45, 2.75) is 6.92 Å². The van der Waals surface area contributed by atoms with Crippen molar-refractivity contribution in [2.75, 3.05) is 0 Å². The number of aryl methyl sites for hydroxylation is 1. The molecule has 2 aromatic heterocycles. The first-order chi connectivity index (χ1) is 8.33. The van der Waals surface area contributed by atoms with Crippen LogP contribution in [0, 0.1) is 6.92 Å². The molecule has 0 aliphatic heterocycles. The third-order valence-electron chi connectivity index (χ3n) is 2.47. The first-order valence-corrected chi connectivity index (χ1v) is 5.27. The summed E-state index contributed by atoms with van der Waals surface area (Å²) >= 11 is 0. The van der Waals surface area contributed by atoms with E-state index in [0.717, 1.165) is 16.9 Å². The van der Waals surface area contributed by atoms with Crippen LogP contribution in [0.2, 0.25) is 0 Å². The fourth-order valence-electron chi connectivity index (χ4n) is 1.63. The lowest BCUT2D eigenvalue weighted by molar-refractivity contribution is 0.425. The maximum Gasteiger partial charge on any atom is 0.257 e. The van der Waals surface area contributed by atoms with Crippen LogP contribution in [0.15, 0.2) is 51.6 Å². The van der Waals surface area contributed by atoms with Crippen molar-refractivity contribution in [3.63, 3.8) is 0 Å². The summed E-state index contributed by atoms with van der Waals surface area (Å²) in [5.74, 6) is 2.02. The quantitative estimate of drug-likeness (QED) is 0.672. The Labute approximate surface area is 97.9 Å². The van der Waals surface area contributed by atoms with Crippen LogP contribution < -0.4 is 0 Å². The molecule has 3 aromatic rings. The Hall–Kier alpha value is -2.36. The van der Waals surface area contributed by atoms with E-state index in [1.165, 1.54) is 0 Å². The molecule has 0 bridgehead atoms. The number of rotatable bonds is 2. The monoisotopic (exact) mass is 226 g/mol. The van der Waals surface area contributed by atoms with Crippen molar-refractivity contribution in [2.24, 2.45) is 0 Å². The molecule has 0 atom stereocenters. The van der Waals surface area contributed by atoms with Gasteiger partial charge in [-0.25, -0.2) is 0 Å². The molecule has 84 valence electrons. The number of hydrogen-bond donors (Lipinski definition) is 0. The van der Waals surface area contributed by atoms with Gasteiger partial charge in [0, 0.05) is 11.1 Å². The Bertz CT molecular complexity index is 609. The third kappa shape index (κ3) is 1.85. The normalized spacial score (nSPS) is 10.6. The first kappa shape index (κ1) is 9.84. The smallest absolute Gasteiger partial charge is 0.257 e. The fourth-order valence-corrected chi connectivity index (χ4v) is 1.63. The standard InChI is InChI=1S/C13H10N2O2/c1-9-14-13(17-15-9)11-6-4-10(5-7-11)12-3-2-8-16-12/h2-8H,1H3. The largest absolute Gasteiger partial charge is 0.464 e. The number of nitrogens with zero attached hydrogens (tertiary/aromatic N) is 2. The molecule has 0 saturated carbocycles. The number of furan rings is 1. The van der Waals surface area contributed by atoms with Gasteiger partial charge in [0.25, 0.3) is 5.89 Å². The Morgan fingerprint density at radius 2 is 1.76 bits per heavy atom. The van der Waals surface area contributed by atoms with E-state index in [2.05, 4.69) is 10.1 Å². The van der Waals surface area contributed by atoms with Crippen molar-refractivity contribution >= 4 is 0 Å². The molecule has 0 radical (unpaired) electrons. The van der Waals surface area contributed by atoms with Crippen LogP contribution in [-0.2, 0) is 0 Å². The summed E-state index contributed by atoms with van der Waals surface area (Å²) in [4.78, 5) is 4.17. The summed E-state index contributed by atoms with van der Waals surface area (Å²) < 4.78 is 10.4. The van der Waals surface area contributed by atoms with Gasteiger partial charge in [0.05, 0.1) is 6.26 Å². The molecule has 4 heteroatoms. The number of aromatic nitrogens is 2. The van der Waals surface area contributed by atoms with E-state index in [0.29, 0.717) is 11.7 Å². The lowest BCUT2D eigenvalue weighted by atomic mass is 10.1. The van der Waals surface area contributed by atoms with E-state index in [1.54, 1.807) is 13.2 Å². The molecule has 0 aliphatic rings. The Morgan fingerprint density at radius 3 is 2.35 bits per heavy atom. The van der Waals surface area contributed by atoms with Crippen LogP contribution in [-0.4, -0.2) is 10.1 Å². The summed E-state index contributed by atoms with van der Waals surface area (Å²) in [6.07, 6.45) is 1.66. The molecule has 0 amide bonds. The van der Waals surface area contributed by atoms with Crippen molar-refractivity contribution in [3.05, 3.63) is 48.5 Å². The second-order valence-electron chi connectivity index (χ2n) is 3.70. The van der Waals surface area contributed by atoms with E-state index in [9.17, 15) is 0 Å². The average Bonchev–Trinajstić information content (AvgIpc) is 3.00. The molecular formula is C13H10N2O2. The zero-order valence-corrected chi connectivity index (χ0v) is 9.25. The van der Waals surface area contributed by atoms with Crippen molar-refractivity contribution in [3.8, 4) is 22.8 Å². The van der Waals surface area contributed by atoms with Gasteiger partial charge >= 0.3 is 0 Å². The molecule has 3 rings (SSSR count). The molecule has 0 saturated heterocycles. The highest BCUT2D eigenvalue weighted by Gasteiger charge is 2.06. The van der Waals surface area contributed by atoms with Crippen LogP contribution in [0.1, 0.15) is 5.82 Å². The Morgan fingerprint density at radius 1 is 1.00 bits per heavy atom. The van der Waals surface area contributed by atoms with Crippen LogP contribution in [0.5, 0.6) is 0 Å². The molecule has 0 fully saturated rings. The fraction of sp³-hybridized carbons (Fsp3) is 0.0769. The molecule has 0 spiro atoms. The zero-order valence-electron chi connectivity index (χ0n) is 9.25. The van der Waals surface area contributed by atoms with E-state index in [-0.39, 0.29) is 0 Å². The Balaban J connectivity index is 1.95. The summed E-state index contributed by atoms with van der Waals surface area (Å²) in [5.41, 5.74) is 1.93. The summed E-state index contributed by atoms with van der Waals surface area (Å²) in [6.45, 7) is 1.80. The molecule has 0 N–H and O–H groups in total. The summed E-state index contributed by atoms with van der Waals surface area (Å²) in [7, 11) is 0. The van der Waals surface area contributed by atoms with Gasteiger partial charge in [-0.3, -0.25) is 0 Å². The predicted molar refractivity (Wildman–Crippen MR) is 62.2 cm³/mol. The topological polar surface area (TPSA) is 52.1 Å². The van der Waals surface area contributed by atoms with E-state index in [1.807, 2.05) is 36.4 Å². The lowest BCUT2D eigenvalue weighted by Crippen LogP contribution is -1.79. The number of hydrogen-bond acceptors (Lipinski definition) is 4. The van der Waals surface area contributed by atoms with Crippen molar-refractivity contribution < 1.29 is 8.94 Å². The van der Waals surface area contributed by atoms with E-state index >= 15 is 0 Å². The third-order valence-corrected chi connectivity index (χ3v) is 2.47. The van der Waals surface area contributed by atoms with Crippen LogP contribution >= 0.6 is 0 Å². The summed E-state index contributed by atoms with van der Waals surface area (Å²) in [6, 6.07) is 11.6. The highest BCUT2D eigenvalue weighted by Crippen LogP contribution is 2.23. The van der Waals surface area contributed by atoms with E-state index < -0.39 is 0 Å². The Kier molecular flexibility index (Phi) is 2.26. The first-order valence-electron chi connectivity index (χ1n) is 5.27. The van der Waals surface area contributed by atoms with Crippen LogP contribution in [0.3, 0.4) is 0 Å². The highest BCUT2D eigenvalue weighted by molar-refractivity contribution is 5.63. The zero-order chi connectivity index (χ0) is 11.7. The predicted octanol–water partition coefficient (Wildman–Crippen LogP) is 3.31. The van der Waals surface area contributed by atoms with E-state index in [4.69, 9.17) is 8.94 Å². The highest BCUT2D eigenvalue weighted by atomic mass is 16.5. The molecule has 0 unspecified atom stereocenters. The molecular weight excluding hydrogens is 216 g/mol. The van der Waals surface area contributed by atoms with Gasteiger partial charge in [-0.2, -0.15) is 4.98 Å². The lowest BCUT2D eigenvalue weighted by Gasteiger charge is -1.97. The van der Waals surface area contributed by atoms with Gasteiger partial charge in [0.2, 0.25) is 0 Å². The second kappa shape index (κ2) is 3.90. The van der Waals surface area contributed by atoms with Crippen molar-refractivity contribution in [1.82, 2.24) is 10.1 Å². The van der Waals surface area contributed by atoms with Gasteiger partial charge in [-0.1, -0.05) is 17.3 Å². The number of benzene rings is 1. The van der Waals surface area contributed by atoms with Gasteiger partial charge < -0.3 is 8.94 Å². The maximum absolute atomic E-state index is 5.32. The van der Waals surface area contributed by atoms with Crippen LogP contribution in [0.25, 0.3) is 22.8 Å². The van der Waals surface area contributed by atoms with Gasteiger partial charge in [-0.05, 0) is 31.2 Å². The minimum Gasteiger partial charge on any atom is -0.464 e. The second-order valence-corrected chi connectivity index (χ2v) is 3.70. The minimum absolute atomic E-state index is 0.536. The molecule has 1 aromatic carbocycles. The van der Waals surface area contributed by atoms with Gasteiger partial charge in [0.15, 0.2) is 5.82 Å². The van der Waals surface area contributed by atoms with Gasteiger partial charge in [0.1, 0.15) is 5.76 Å². The maximum atomic E-state index is 5.32. The molecule has 4 nitrogen and oxygen atoms in total. The molecule has 0 aliphatic carbocycles.